The van der Waals surface area contributed by atoms with E-state index >= 15 is 0 Å². The van der Waals surface area contributed by atoms with Crippen LogP contribution in [-0.2, 0) is 21.7 Å². The summed E-state index contributed by atoms with van der Waals surface area (Å²) in [4.78, 5) is 37.7. The van der Waals surface area contributed by atoms with Gasteiger partial charge in [-0.2, -0.15) is 0 Å². The molecule has 2 aliphatic rings. The SMILES string of the molecule is C[C@@H]1[C@@H]([Si](C)(C)O)[C@H](CCO)O[C@@]12C(=O)N(Cc1ccccc1)c1ccc([N+](=O)[O-])cc12. The number of fused-ring (bicyclic) bond motifs is 2. The molecular weight excluding hydrogens is 428 g/mol. The molecule has 9 heteroatoms. The fraction of sp³-hybridized carbons (Fsp3) is 0.435. The van der Waals surface area contributed by atoms with Gasteiger partial charge in [-0.25, -0.2) is 0 Å². The number of hydrogen-bond donors (Lipinski definition) is 2. The predicted octanol–water partition coefficient (Wildman–Crippen LogP) is 3.32. The largest absolute Gasteiger partial charge is 0.432 e. The third-order valence-electron chi connectivity index (χ3n) is 6.78. The molecule has 1 amide bonds. The van der Waals surface area contributed by atoms with Crippen molar-refractivity contribution in [1.82, 2.24) is 0 Å². The zero-order chi connectivity index (χ0) is 23.3. The molecular formula is C23H28N2O6Si. The maximum atomic E-state index is 14.0. The third-order valence-corrected chi connectivity index (χ3v) is 9.28. The van der Waals surface area contributed by atoms with Gasteiger partial charge in [0.15, 0.2) is 13.9 Å². The van der Waals surface area contributed by atoms with Crippen molar-refractivity contribution in [3.05, 3.63) is 69.8 Å². The van der Waals surface area contributed by atoms with Crippen molar-refractivity contribution in [1.29, 1.82) is 0 Å². The molecule has 1 saturated heterocycles. The lowest BCUT2D eigenvalue weighted by molar-refractivity contribution is -0.385. The first-order valence-electron chi connectivity index (χ1n) is 10.8. The lowest BCUT2D eigenvalue weighted by Crippen LogP contribution is -2.46. The summed E-state index contributed by atoms with van der Waals surface area (Å²) in [7, 11) is -2.80. The highest BCUT2D eigenvalue weighted by atomic mass is 28.4. The smallest absolute Gasteiger partial charge is 0.269 e. The van der Waals surface area contributed by atoms with Crippen LogP contribution in [0.2, 0.25) is 18.6 Å². The van der Waals surface area contributed by atoms with E-state index in [0.717, 1.165) is 5.56 Å². The maximum Gasteiger partial charge on any atom is 0.269 e. The lowest BCUT2D eigenvalue weighted by Gasteiger charge is -2.32. The van der Waals surface area contributed by atoms with Crippen LogP contribution in [0.5, 0.6) is 0 Å². The molecule has 0 aromatic heterocycles. The first-order valence-corrected chi connectivity index (χ1v) is 13.8. The molecule has 32 heavy (non-hydrogen) atoms. The molecule has 8 nitrogen and oxygen atoms in total. The normalized spacial score (nSPS) is 27.2. The molecule has 2 aromatic rings. The minimum Gasteiger partial charge on any atom is -0.432 e. The number of aliphatic hydroxyl groups excluding tert-OH is 1. The summed E-state index contributed by atoms with van der Waals surface area (Å²) in [5, 5.41) is 21.2. The summed E-state index contributed by atoms with van der Waals surface area (Å²) in [6.07, 6.45) is -0.237. The Labute approximate surface area is 187 Å². The summed E-state index contributed by atoms with van der Waals surface area (Å²) in [5.41, 5.74) is 0.0978. The van der Waals surface area contributed by atoms with Gasteiger partial charge in [0.25, 0.3) is 11.6 Å². The Morgan fingerprint density at radius 2 is 1.91 bits per heavy atom. The fourth-order valence-electron chi connectivity index (χ4n) is 5.50. The highest BCUT2D eigenvalue weighted by Crippen LogP contribution is 2.60. The Bertz CT molecular complexity index is 1040. The third kappa shape index (κ3) is 3.45. The summed E-state index contributed by atoms with van der Waals surface area (Å²) < 4.78 is 6.44. The molecule has 2 aliphatic heterocycles. The van der Waals surface area contributed by atoms with Crippen LogP contribution >= 0.6 is 0 Å². The van der Waals surface area contributed by atoms with E-state index in [1.165, 1.54) is 12.1 Å². The molecule has 0 bridgehead atoms. The van der Waals surface area contributed by atoms with Crippen LogP contribution in [0.25, 0.3) is 0 Å². The molecule has 2 heterocycles. The van der Waals surface area contributed by atoms with Crippen molar-refractivity contribution >= 4 is 25.6 Å². The van der Waals surface area contributed by atoms with Crippen molar-refractivity contribution < 1.29 is 24.4 Å². The number of rotatable bonds is 6. The number of aliphatic hydroxyl groups is 1. The number of carbonyl (C=O) groups is 1. The van der Waals surface area contributed by atoms with Crippen LogP contribution in [0.3, 0.4) is 0 Å². The second-order valence-electron chi connectivity index (χ2n) is 9.21. The molecule has 2 aromatic carbocycles. The molecule has 0 unspecified atom stereocenters. The second-order valence-corrected chi connectivity index (χ2v) is 13.2. The number of anilines is 1. The second kappa shape index (κ2) is 8.07. The Morgan fingerprint density at radius 1 is 1.22 bits per heavy atom. The number of nitro benzene ring substituents is 1. The van der Waals surface area contributed by atoms with Gasteiger partial charge in [0.05, 0.1) is 23.3 Å². The monoisotopic (exact) mass is 456 g/mol. The summed E-state index contributed by atoms with van der Waals surface area (Å²) in [6.45, 7) is 5.64. The predicted molar refractivity (Wildman–Crippen MR) is 122 cm³/mol. The quantitative estimate of drug-likeness (QED) is 0.392. The molecule has 2 N–H and O–H groups in total. The van der Waals surface area contributed by atoms with E-state index in [0.29, 0.717) is 17.8 Å². The van der Waals surface area contributed by atoms with E-state index in [1.54, 1.807) is 24.1 Å². The van der Waals surface area contributed by atoms with Crippen molar-refractivity contribution in [2.24, 2.45) is 5.92 Å². The van der Waals surface area contributed by atoms with E-state index in [1.807, 2.05) is 37.3 Å². The summed E-state index contributed by atoms with van der Waals surface area (Å²) >= 11 is 0. The van der Waals surface area contributed by atoms with Gasteiger partial charge in [0.1, 0.15) is 0 Å². The maximum absolute atomic E-state index is 14.0. The van der Waals surface area contributed by atoms with E-state index in [9.17, 15) is 24.8 Å². The summed E-state index contributed by atoms with van der Waals surface area (Å²) in [6, 6.07) is 14.0. The van der Waals surface area contributed by atoms with E-state index in [2.05, 4.69) is 0 Å². The van der Waals surface area contributed by atoms with Gasteiger partial charge in [0.2, 0.25) is 0 Å². The standard InChI is InChI=1S/C23H28N2O6Si/c1-15-21(32(2,3)30)20(11-12-26)31-23(15)18-13-17(25(28)29)9-10-19(18)24(22(23)27)14-16-7-5-4-6-8-16/h4-10,13,15,20-21,26,30H,11-12,14H2,1-3H3/t15-,20+,21-,23+/m1/s1. The van der Waals surface area contributed by atoms with Gasteiger partial charge in [0, 0.05) is 35.8 Å². The van der Waals surface area contributed by atoms with Crippen molar-refractivity contribution in [2.45, 2.75) is 50.2 Å². The van der Waals surface area contributed by atoms with Crippen molar-refractivity contribution in [2.75, 3.05) is 11.5 Å². The number of benzene rings is 2. The van der Waals surface area contributed by atoms with Crippen LogP contribution in [0.4, 0.5) is 11.4 Å². The number of hydrogen-bond acceptors (Lipinski definition) is 6. The van der Waals surface area contributed by atoms with E-state index in [4.69, 9.17) is 4.74 Å². The molecule has 1 fully saturated rings. The van der Waals surface area contributed by atoms with Crippen LogP contribution in [0.1, 0.15) is 24.5 Å². The topological polar surface area (TPSA) is 113 Å². The van der Waals surface area contributed by atoms with E-state index < -0.39 is 30.9 Å². The molecule has 0 radical (unpaired) electrons. The van der Waals surface area contributed by atoms with E-state index in [-0.39, 0.29) is 30.2 Å². The Balaban J connectivity index is 1.87. The molecule has 4 rings (SSSR count). The highest BCUT2D eigenvalue weighted by Gasteiger charge is 2.66. The van der Waals surface area contributed by atoms with Gasteiger partial charge in [-0.3, -0.25) is 14.9 Å². The number of nitro groups is 1. The van der Waals surface area contributed by atoms with Gasteiger partial charge in [-0.1, -0.05) is 37.3 Å². The fourth-order valence-corrected chi connectivity index (χ4v) is 8.10. The number of nitrogens with zero attached hydrogens (tertiary/aromatic N) is 2. The van der Waals surface area contributed by atoms with Crippen LogP contribution < -0.4 is 4.90 Å². The molecule has 0 aliphatic carbocycles. The zero-order valence-electron chi connectivity index (χ0n) is 18.4. The zero-order valence-corrected chi connectivity index (χ0v) is 19.4. The van der Waals surface area contributed by atoms with Crippen LogP contribution in [0, 0.1) is 16.0 Å². The first kappa shape index (κ1) is 22.6. The number of carbonyl (C=O) groups excluding carboxylic acids is 1. The number of amides is 1. The van der Waals surface area contributed by atoms with Gasteiger partial charge in [-0.05, 0) is 31.1 Å². The number of non-ortho nitro benzene ring substituents is 1. The highest BCUT2D eigenvalue weighted by molar-refractivity contribution is 6.71. The van der Waals surface area contributed by atoms with Crippen molar-refractivity contribution in [3.63, 3.8) is 0 Å². The average Bonchev–Trinajstić information content (AvgIpc) is 3.16. The van der Waals surface area contributed by atoms with Gasteiger partial charge >= 0.3 is 0 Å². The summed E-state index contributed by atoms with van der Waals surface area (Å²) in [5.74, 6) is -0.701. The molecule has 4 atom stereocenters. The Hall–Kier alpha value is -2.59. The van der Waals surface area contributed by atoms with Crippen molar-refractivity contribution in [3.8, 4) is 0 Å². The molecule has 170 valence electrons. The Morgan fingerprint density at radius 3 is 2.50 bits per heavy atom. The lowest BCUT2D eigenvalue weighted by atomic mass is 9.82. The Kier molecular flexibility index (Phi) is 5.70. The first-order chi connectivity index (χ1) is 15.1. The van der Waals surface area contributed by atoms with Crippen LogP contribution in [-0.4, -0.2) is 41.8 Å². The average molecular weight is 457 g/mol. The minimum atomic E-state index is -2.80. The number of ether oxygens (including phenoxy) is 1. The molecule has 0 saturated carbocycles. The minimum absolute atomic E-state index is 0.115. The van der Waals surface area contributed by atoms with Crippen LogP contribution in [0.15, 0.2) is 48.5 Å². The van der Waals surface area contributed by atoms with Gasteiger partial charge in [-0.15, -0.1) is 0 Å². The van der Waals surface area contributed by atoms with Gasteiger partial charge < -0.3 is 19.5 Å². The molecule has 1 spiro atoms.